The van der Waals surface area contributed by atoms with Gasteiger partial charge in [-0.05, 0) is 116 Å². The lowest BCUT2D eigenvalue weighted by Gasteiger charge is -2.33. The van der Waals surface area contributed by atoms with Crippen molar-refractivity contribution in [2.75, 3.05) is 0 Å². The lowest BCUT2D eigenvalue weighted by Crippen LogP contribution is -2.24. The summed E-state index contributed by atoms with van der Waals surface area (Å²) in [5, 5.41) is 0. The van der Waals surface area contributed by atoms with Gasteiger partial charge in [-0.1, -0.05) is 122 Å². The molecule has 0 N–H and O–H groups in total. The second-order valence-electron chi connectivity index (χ2n) is 14.6. The van der Waals surface area contributed by atoms with E-state index >= 15 is 0 Å². The molecule has 2 aliphatic rings. The third-order valence-electron chi connectivity index (χ3n) is 9.42. The summed E-state index contributed by atoms with van der Waals surface area (Å²) in [7, 11) is 0. The minimum atomic E-state index is 0.0874. The van der Waals surface area contributed by atoms with E-state index < -0.39 is 0 Å². The lowest BCUT2D eigenvalue weighted by atomic mass is 9.72. The molecule has 0 bridgehead atoms. The van der Waals surface area contributed by atoms with E-state index in [-0.39, 0.29) is 5.41 Å². The van der Waals surface area contributed by atoms with Crippen molar-refractivity contribution in [1.82, 2.24) is 0 Å². The van der Waals surface area contributed by atoms with Crippen molar-refractivity contribution < 1.29 is 4.79 Å². The summed E-state index contributed by atoms with van der Waals surface area (Å²) >= 11 is 0. The Hall–Kier alpha value is -2.15. The summed E-state index contributed by atoms with van der Waals surface area (Å²) in [4.78, 5) is 12.2. The highest BCUT2D eigenvalue weighted by molar-refractivity contribution is 5.97. The number of carbonyl (C=O) groups is 1. The highest BCUT2D eigenvalue weighted by atomic mass is 16.1. The van der Waals surface area contributed by atoms with Crippen LogP contribution in [0.25, 0.3) is 0 Å². The Kier molecular flexibility index (Phi) is 14.1. The monoisotopic (exact) mass is 558 g/mol. The lowest BCUT2D eigenvalue weighted by molar-refractivity contribution is -0.116. The molecule has 0 aromatic heterocycles. The molecule has 0 amide bonds. The molecule has 0 aliphatic heterocycles. The minimum absolute atomic E-state index is 0.0874. The van der Waals surface area contributed by atoms with E-state index in [0.29, 0.717) is 41.3 Å². The topological polar surface area (TPSA) is 17.1 Å². The van der Waals surface area contributed by atoms with Gasteiger partial charge in [0.15, 0.2) is 5.78 Å². The summed E-state index contributed by atoms with van der Waals surface area (Å²) < 4.78 is 0. The summed E-state index contributed by atoms with van der Waals surface area (Å²) in [6.45, 7) is 22.8. The highest BCUT2D eigenvalue weighted by Gasteiger charge is 2.30. The van der Waals surface area contributed by atoms with E-state index in [1.54, 1.807) is 11.1 Å². The first-order valence-corrected chi connectivity index (χ1v) is 16.5. The predicted molar refractivity (Wildman–Crippen MR) is 182 cm³/mol. The number of allylic oxidation sites excluding steroid dienone is 14. The minimum Gasteiger partial charge on any atom is -0.295 e. The Morgan fingerprint density at radius 3 is 1.93 bits per heavy atom. The fraction of sp³-hybridized carbons (Fsp3) is 0.625. The van der Waals surface area contributed by atoms with Gasteiger partial charge in [-0.3, -0.25) is 4.79 Å². The van der Waals surface area contributed by atoms with Crippen molar-refractivity contribution >= 4 is 5.78 Å². The van der Waals surface area contributed by atoms with Crippen LogP contribution in [-0.2, 0) is 4.79 Å². The molecule has 0 spiro atoms. The summed E-state index contributed by atoms with van der Waals surface area (Å²) in [6, 6.07) is 0. The number of hydrogen-bond acceptors (Lipinski definition) is 1. The van der Waals surface area contributed by atoms with Crippen molar-refractivity contribution in [3.63, 3.8) is 0 Å². The van der Waals surface area contributed by atoms with Crippen molar-refractivity contribution in [3.8, 4) is 0 Å². The van der Waals surface area contributed by atoms with Crippen LogP contribution in [0, 0.1) is 34.5 Å². The standard InChI is InChI=1S/C40H62O/c1-30(18-13-20-32(3)23-25-36-34(5)22-15-28-39(36,7)8)16-11-12-17-31(2)19-14-21-33(4)24-26-37-35(6)38(41)27-29-40(37,9)10/h12-14,17,20-21,23-26,30-33H,11,15-16,18-19,22,27-29H2,1-10H3/b17-12+,20-13+,21-14+,25-23+,26-24+. The smallest absolute Gasteiger partial charge is 0.158 e. The number of rotatable bonds is 14. The van der Waals surface area contributed by atoms with Crippen LogP contribution in [0.3, 0.4) is 0 Å². The van der Waals surface area contributed by atoms with E-state index in [0.717, 1.165) is 31.3 Å². The van der Waals surface area contributed by atoms with Gasteiger partial charge >= 0.3 is 0 Å². The molecule has 228 valence electrons. The molecule has 0 fully saturated rings. The second kappa shape index (κ2) is 16.5. The van der Waals surface area contributed by atoms with Crippen LogP contribution in [-0.4, -0.2) is 5.78 Å². The molecular weight excluding hydrogens is 496 g/mol. The zero-order chi connectivity index (χ0) is 30.6. The van der Waals surface area contributed by atoms with Crippen molar-refractivity contribution in [1.29, 1.82) is 0 Å². The van der Waals surface area contributed by atoms with Gasteiger partial charge in [0.05, 0.1) is 0 Å². The Morgan fingerprint density at radius 1 is 0.707 bits per heavy atom. The maximum atomic E-state index is 12.2. The van der Waals surface area contributed by atoms with Crippen molar-refractivity contribution in [2.45, 2.75) is 127 Å². The van der Waals surface area contributed by atoms with Crippen molar-refractivity contribution in [2.24, 2.45) is 34.5 Å². The molecule has 1 heteroatoms. The third-order valence-corrected chi connectivity index (χ3v) is 9.42. The van der Waals surface area contributed by atoms with Crippen LogP contribution < -0.4 is 0 Å². The largest absolute Gasteiger partial charge is 0.295 e. The number of carbonyl (C=O) groups excluding carboxylic acids is 1. The molecule has 2 rings (SSSR count). The average molecular weight is 559 g/mol. The molecule has 0 aromatic carbocycles. The molecule has 4 unspecified atom stereocenters. The van der Waals surface area contributed by atoms with Crippen molar-refractivity contribution in [3.05, 3.63) is 83.1 Å². The van der Waals surface area contributed by atoms with E-state index in [1.807, 2.05) is 6.92 Å². The predicted octanol–water partition coefficient (Wildman–Crippen LogP) is 12.1. The SMILES string of the molecule is CC1=C(/C=C/C(C)/C=C/CC(C)CC/C=C/C(C)C/C=C/C(C)/C=C/C2=C(C)C(=O)CCC2(C)C)C(C)(C)CCC1. The van der Waals surface area contributed by atoms with E-state index in [9.17, 15) is 4.79 Å². The third kappa shape index (κ3) is 11.9. The van der Waals surface area contributed by atoms with Crippen LogP contribution >= 0.6 is 0 Å². The molecule has 1 nitrogen and oxygen atoms in total. The van der Waals surface area contributed by atoms with Gasteiger partial charge in [0.25, 0.3) is 0 Å². The number of Topliss-reactive ketones (excluding diaryl/α,β-unsaturated/α-hetero) is 1. The van der Waals surface area contributed by atoms with E-state index in [4.69, 9.17) is 0 Å². The molecular formula is C40H62O. The molecule has 0 radical (unpaired) electrons. The molecule has 4 atom stereocenters. The fourth-order valence-corrected chi connectivity index (χ4v) is 6.33. The first kappa shape index (κ1) is 35.0. The van der Waals surface area contributed by atoms with Crippen LogP contribution in [0.1, 0.15) is 127 Å². The van der Waals surface area contributed by atoms with Gasteiger partial charge < -0.3 is 0 Å². The zero-order valence-electron chi connectivity index (χ0n) is 28.4. The van der Waals surface area contributed by atoms with E-state index in [2.05, 4.69) is 123 Å². The summed E-state index contributed by atoms with van der Waals surface area (Å²) in [5.74, 6) is 2.42. The van der Waals surface area contributed by atoms with Gasteiger partial charge in [-0.2, -0.15) is 0 Å². The first-order valence-electron chi connectivity index (χ1n) is 16.5. The van der Waals surface area contributed by atoms with Crippen LogP contribution in [0.15, 0.2) is 83.1 Å². The molecule has 0 aromatic rings. The fourth-order valence-electron chi connectivity index (χ4n) is 6.33. The van der Waals surface area contributed by atoms with Crippen LogP contribution in [0.5, 0.6) is 0 Å². The normalized spacial score (nSPS) is 23.1. The second-order valence-corrected chi connectivity index (χ2v) is 14.6. The molecule has 0 saturated carbocycles. The van der Waals surface area contributed by atoms with Gasteiger partial charge in [0.1, 0.15) is 0 Å². The van der Waals surface area contributed by atoms with Gasteiger partial charge in [-0.25, -0.2) is 0 Å². The maximum absolute atomic E-state index is 12.2. The Balaban J connectivity index is 1.69. The highest BCUT2D eigenvalue weighted by Crippen LogP contribution is 2.41. The molecule has 0 heterocycles. The maximum Gasteiger partial charge on any atom is 0.158 e. The van der Waals surface area contributed by atoms with E-state index in [1.165, 1.54) is 31.3 Å². The Labute approximate surface area is 254 Å². The Bertz CT molecular complexity index is 1060. The summed E-state index contributed by atoms with van der Waals surface area (Å²) in [5.41, 5.74) is 5.71. The average Bonchev–Trinajstić information content (AvgIpc) is 2.88. The van der Waals surface area contributed by atoms with Crippen LogP contribution in [0.4, 0.5) is 0 Å². The molecule has 0 saturated heterocycles. The van der Waals surface area contributed by atoms with Gasteiger partial charge in [-0.15, -0.1) is 0 Å². The quantitative estimate of drug-likeness (QED) is 0.194. The number of ketones is 1. The first-order chi connectivity index (χ1) is 19.2. The van der Waals surface area contributed by atoms with Gasteiger partial charge in [0, 0.05) is 6.42 Å². The van der Waals surface area contributed by atoms with Crippen LogP contribution in [0.2, 0.25) is 0 Å². The summed E-state index contributed by atoms with van der Waals surface area (Å²) in [6.07, 6.45) is 33.5. The molecule has 2 aliphatic carbocycles. The number of hydrogen-bond donors (Lipinski definition) is 0. The van der Waals surface area contributed by atoms with Gasteiger partial charge in [0.2, 0.25) is 0 Å². The Morgan fingerprint density at radius 2 is 1.29 bits per heavy atom. The molecule has 41 heavy (non-hydrogen) atoms. The zero-order valence-corrected chi connectivity index (χ0v) is 28.4.